The van der Waals surface area contributed by atoms with E-state index in [0.29, 0.717) is 29.6 Å². The molecule has 0 saturated carbocycles. The maximum Gasteiger partial charge on any atom is 0.279 e. The Labute approximate surface area is 174 Å². The Morgan fingerprint density at radius 2 is 1.83 bits per heavy atom. The molecular weight excluding hydrogens is 384 g/mol. The van der Waals surface area contributed by atoms with Gasteiger partial charge in [0.05, 0.1) is 4.88 Å². The van der Waals surface area contributed by atoms with Crippen LogP contribution in [0, 0.1) is 0 Å². The summed E-state index contributed by atoms with van der Waals surface area (Å²) in [5.41, 5.74) is 3.23. The van der Waals surface area contributed by atoms with E-state index in [4.69, 9.17) is 9.47 Å². The van der Waals surface area contributed by atoms with Gasteiger partial charge in [0.1, 0.15) is 6.04 Å². The van der Waals surface area contributed by atoms with Crippen LogP contribution in [0.5, 0.6) is 11.5 Å². The highest BCUT2D eigenvalue weighted by molar-refractivity contribution is 7.10. The summed E-state index contributed by atoms with van der Waals surface area (Å²) in [5, 5.41) is 7.10. The van der Waals surface area contributed by atoms with Gasteiger partial charge in [-0.25, -0.2) is 0 Å². The molecule has 1 aliphatic rings. The van der Waals surface area contributed by atoms with Crippen LogP contribution in [0.3, 0.4) is 0 Å². The number of quaternary nitrogens is 1. The van der Waals surface area contributed by atoms with E-state index in [2.05, 4.69) is 66.3 Å². The number of hydrogen-bond acceptors (Lipinski definition) is 4. The molecule has 150 valence electrons. The Kier molecular flexibility index (Phi) is 5.83. The smallest absolute Gasteiger partial charge is 0.279 e. The van der Waals surface area contributed by atoms with Crippen molar-refractivity contribution in [3.05, 3.63) is 76.0 Å². The van der Waals surface area contributed by atoms with Gasteiger partial charge in [-0.3, -0.25) is 4.79 Å². The fourth-order valence-corrected chi connectivity index (χ4v) is 4.23. The highest BCUT2D eigenvalue weighted by Crippen LogP contribution is 2.34. The van der Waals surface area contributed by atoms with Crippen molar-refractivity contribution in [2.45, 2.75) is 25.8 Å². The molecule has 6 heteroatoms. The van der Waals surface area contributed by atoms with E-state index in [9.17, 15) is 4.79 Å². The van der Waals surface area contributed by atoms with Crippen LogP contribution < -0.4 is 20.1 Å². The number of amides is 1. The van der Waals surface area contributed by atoms with Gasteiger partial charge >= 0.3 is 0 Å². The first-order chi connectivity index (χ1) is 14.1. The molecule has 0 saturated heterocycles. The average Bonchev–Trinajstić information content (AvgIpc) is 3.40. The fourth-order valence-electron chi connectivity index (χ4n) is 3.38. The van der Waals surface area contributed by atoms with Crippen molar-refractivity contribution in [3.8, 4) is 11.5 Å². The molecule has 29 heavy (non-hydrogen) atoms. The van der Waals surface area contributed by atoms with Crippen LogP contribution in [0.25, 0.3) is 0 Å². The quantitative estimate of drug-likeness (QED) is 0.622. The molecule has 1 amide bonds. The zero-order valence-electron chi connectivity index (χ0n) is 16.6. The molecule has 2 heterocycles. The number of nitrogens with two attached hydrogens (primary N) is 1. The van der Waals surface area contributed by atoms with E-state index < -0.39 is 0 Å². The van der Waals surface area contributed by atoms with Crippen molar-refractivity contribution in [3.63, 3.8) is 0 Å². The number of benzene rings is 2. The predicted molar refractivity (Wildman–Crippen MR) is 115 cm³/mol. The van der Waals surface area contributed by atoms with Gasteiger partial charge < -0.3 is 20.1 Å². The van der Waals surface area contributed by atoms with Gasteiger partial charge in [-0.05, 0) is 35.1 Å². The first kappa shape index (κ1) is 19.5. The van der Waals surface area contributed by atoms with E-state index in [1.165, 1.54) is 16.0 Å². The third-order valence-corrected chi connectivity index (χ3v) is 5.96. The molecule has 4 rings (SSSR count). The van der Waals surface area contributed by atoms with Gasteiger partial charge in [0, 0.05) is 17.3 Å². The van der Waals surface area contributed by atoms with Gasteiger partial charge in [-0.2, -0.15) is 0 Å². The minimum absolute atomic E-state index is 0.0516. The summed E-state index contributed by atoms with van der Waals surface area (Å²) in [7, 11) is 0. The van der Waals surface area contributed by atoms with E-state index >= 15 is 0 Å². The molecule has 1 aromatic heterocycles. The van der Waals surface area contributed by atoms with Crippen molar-refractivity contribution in [2.75, 3.05) is 18.7 Å². The van der Waals surface area contributed by atoms with Crippen molar-refractivity contribution in [1.82, 2.24) is 0 Å². The number of carbonyl (C=O) groups excluding carboxylic acids is 1. The van der Waals surface area contributed by atoms with Crippen LogP contribution in [0.2, 0.25) is 0 Å². The average molecular weight is 410 g/mol. The van der Waals surface area contributed by atoms with Gasteiger partial charge in [-0.15, -0.1) is 11.3 Å². The Bertz CT molecular complexity index is 968. The molecule has 1 aliphatic heterocycles. The SMILES string of the molecule is CC(C)c1ccc([C@H]([NH2+]CC(=O)Nc2ccc3c(c2)OCO3)c2cccs2)cc1. The lowest BCUT2D eigenvalue weighted by molar-refractivity contribution is -0.675. The number of carbonyl (C=O) groups is 1. The van der Waals surface area contributed by atoms with E-state index in [0.717, 1.165) is 0 Å². The standard InChI is InChI=1S/C23H24N2O3S/c1-15(2)16-5-7-17(8-6-16)23(21-4-3-11-29-21)24-13-22(26)25-18-9-10-19-20(12-18)28-14-27-19/h3-12,15,23-24H,13-14H2,1-2H3,(H,25,26)/p+1/t23-/m0/s1. The van der Waals surface area contributed by atoms with Crippen LogP contribution in [0.4, 0.5) is 5.69 Å². The molecule has 1 atom stereocenters. The number of nitrogens with one attached hydrogen (secondary N) is 1. The van der Waals surface area contributed by atoms with Crippen LogP contribution >= 0.6 is 11.3 Å². The molecule has 0 bridgehead atoms. The third kappa shape index (κ3) is 4.60. The molecule has 3 N–H and O–H groups in total. The number of rotatable bonds is 7. The highest BCUT2D eigenvalue weighted by Gasteiger charge is 2.21. The number of ether oxygens (including phenoxy) is 2. The number of hydrogen-bond donors (Lipinski definition) is 2. The first-order valence-corrected chi connectivity index (χ1v) is 10.6. The van der Waals surface area contributed by atoms with Crippen LogP contribution in [0.15, 0.2) is 60.0 Å². The molecule has 0 spiro atoms. The second kappa shape index (κ2) is 8.68. The minimum atomic E-state index is -0.0516. The lowest BCUT2D eigenvalue weighted by Crippen LogP contribution is -2.87. The first-order valence-electron chi connectivity index (χ1n) is 9.76. The fraction of sp³-hybridized carbons (Fsp3) is 0.261. The van der Waals surface area contributed by atoms with Crippen molar-refractivity contribution < 1.29 is 19.6 Å². The van der Waals surface area contributed by atoms with Gasteiger partial charge in [0.25, 0.3) is 5.91 Å². The van der Waals surface area contributed by atoms with Crippen molar-refractivity contribution >= 4 is 22.9 Å². The Morgan fingerprint density at radius 1 is 1.07 bits per heavy atom. The van der Waals surface area contributed by atoms with Crippen LogP contribution in [-0.2, 0) is 4.79 Å². The van der Waals surface area contributed by atoms with E-state index in [1.807, 2.05) is 12.1 Å². The molecule has 2 aromatic carbocycles. The summed E-state index contributed by atoms with van der Waals surface area (Å²) in [5.74, 6) is 1.82. The Balaban J connectivity index is 1.43. The van der Waals surface area contributed by atoms with Crippen molar-refractivity contribution in [1.29, 1.82) is 0 Å². The Morgan fingerprint density at radius 3 is 2.55 bits per heavy atom. The molecule has 0 radical (unpaired) electrons. The zero-order valence-corrected chi connectivity index (χ0v) is 17.4. The number of thiophene rings is 1. The molecule has 5 nitrogen and oxygen atoms in total. The summed E-state index contributed by atoms with van der Waals surface area (Å²) in [6.07, 6.45) is 0. The molecule has 3 aromatic rings. The second-order valence-corrected chi connectivity index (χ2v) is 8.35. The largest absolute Gasteiger partial charge is 0.454 e. The monoisotopic (exact) mass is 409 g/mol. The summed E-state index contributed by atoms with van der Waals surface area (Å²) in [4.78, 5) is 13.8. The summed E-state index contributed by atoms with van der Waals surface area (Å²) in [6, 6.07) is 18.4. The summed E-state index contributed by atoms with van der Waals surface area (Å²) < 4.78 is 10.7. The van der Waals surface area contributed by atoms with Gasteiger partial charge in [0.2, 0.25) is 6.79 Å². The lowest BCUT2D eigenvalue weighted by atomic mass is 9.98. The Hall–Kier alpha value is -2.83. The zero-order chi connectivity index (χ0) is 20.2. The summed E-state index contributed by atoms with van der Waals surface area (Å²) in [6.45, 7) is 4.93. The molecular formula is C23H25N2O3S+. The third-order valence-electron chi connectivity index (χ3n) is 5.01. The number of anilines is 1. The second-order valence-electron chi connectivity index (χ2n) is 7.37. The topological polar surface area (TPSA) is 64.2 Å². The summed E-state index contributed by atoms with van der Waals surface area (Å²) >= 11 is 1.71. The van der Waals surface area contributed by atoms with Crippen LogP contribution in [-0.4, -0.2) is 19.2 Å². The van der Waals surface area contributed by atoms with E-state index in [-0.39, 0.29) is 18.7 Å². The van der Waals surface area contributed by atoms with Gasteiger partial charge in [0.15, 0.2) is 18.0 Å². The highest BCUT2D eigenvalue weighted by atomic mass is 32.1. The normalized spacial score (nSPS) is 13.5. The van der Waals surface area contributed by atoms with E-state index in [1.54, 1.807) is 17.4 Å². The van der Waals surface area contributed by atoms with Gasteiger partial charge in [-0.1, -0.05) is 44.2 Å². The minimum Gasteiger partial charge on any atom is -0.454 e. The predicted octanol–water partition coefficient (Wildman–Crippen LogP) is 3.89. The molecule has 0 unspecified atom stereocenters. The molecule has 0 fully saturated rings. The number of fused-ring (bicyclic) bond motifs is 1. The van der Waals surface area contributed by atoms with Crippen LogP contribution in [0.1, 0.15) is 41.8 Å². The lowest BCUT2D eigenvalue weighted by Gasteiger charge is -2.16. The van der Waals surface area contributed by atoms with Crippen molar-refractivity contribution in [2.24, 2.45) is 0 Å². The maximum atomic E-state index is 12.6. The maximum absolute atomic E-state index is 12.6. The molecule has 0 aliphatic carbocycles.